The van der Waals surface area contributed by atoms with Crippen LogP contribution in [0.3, 0.4) is 0 Å². The van der Waals surface area contributed by atoms with E-state index in [2.05, 4.69) is 21.6 Å². The number of aryl methyl sites for hydroxylation is 2. The van der Waals surface area contributed by atoms with E-state index in [1.54, 1.807) is 4.57 Å². The normalized spacial score (nSPS) is 17.0. The third kappa shape index (κ3) is 4.73. The second kappa shape index (κ2) is 7.88. The molecular formula is C17H22N4O3S. The SMILES string of the molecule is Cc1cc(C)cc(NC(=O)CSc2n[nH]c(=O)n2C[C@H]2CCCO2)c1. The number of nitrogens with one attached hydrogen (secondary N) is 2. The zero-order valence-corrected chi connectivity index (χ0v) is 15.2. The van der Waals surface area contributed by atoms with Crippen LogP contribution in [-0.2, 0) is 16.1 Å². The molecule has 8 heteroatoms. The highest BCUT2D eigenvalue weighted by molar-refractivity contribution is 7.99. The van der Waals surface area contributed by atoms with Gasteiger partial charge in [-0.25, -0.2) is 9.89 Å². The van der Waals surface area contributed by atoms with E-state index in [0.29, 0.717) is 11.7 Å². The van der Waals surface area contributed by atoms with Gasteiger partial charge in [0.15, 0.2) is 5.16 Å². The van der Waals surface area contributed by atoms with E-state index in [0.717, 1.165) is 36.3 Å². The number of aromatic amines is 1. The van der Waals surface area contributed by atoms with Gasteiger partial charge in [0, 0.05) is 12.3 Å². The van der Waals surface area contributed by atoms with E-state index in [1.807, 2.05) is 26.0 Å². The number of anilines is 1. The zero-order valence-electron chi connectivity index (χ0n) is 14.4. The molecule has 0 aliphatic carbocycles. The van der Waals surface area contributed by atoms with Crippen molar-refractivity contribution < 1.29 is 9.53 Å². The number of carbonyl (C=O) groups excluding carboxylic acids is 1. The number of carbonyl (C=O) groups is 1. The molecule has 0 spiro atoms. The van der Waals surface area contributed by atoms with Crippen molar-refractivity contribution in [2.45, 2.75) is 44.5 Å². The highest BCUT2D eigenvalue weighted by Gasteiger charge is 2.20. The number of aromatic nitrogens is 3. The van der Waals surface area contributed by atoms with Crippen LogP contribution in [0.5, 0.6) is 0 Å². The lowest BCUT2D eigenvalue weighted by molar-refractivity contribution is -0.113. The summed E-state index contributed by atoms with van der Waals surface area (Å²) in [5.74, 6) is 0.0529. The molecule has 3 rings (SSSR count). The van der Waals surface area contributed by atoms with Crippen molar-refractivity contribution in [3.05, 3.63) is 39.8 Å². The molecule has 1 amide bonds. The molecule has 0 radical (unpaired) electrons. The molecule has 1 aliphatic heterocycles. The minimum absolute atomic E-state index is 0.0405. The van der Waals surface area contributed by atoms with E-state index < -0.39 is 0 Å². The molecule has 1 aromatic heterocycles. The summed E-state index contributed by atoms with van der Waals surface area (Å²) in [6.45, 7) is 5.18. The van der Waals surface area contributed by atoms with Crippen molar-refractivity contribution >= 4 is 23.4 Å². The molecular weight excluding hydrogens is 340 g/mol. The third-order valence-corrected chi connectivity index (χ3v) is 4.95. The lowest BCUT2D eigenvalue weighted by atomic mass is 10.1. The molecule has 2 aromatic rings. The second-order valence-electron chi connectivity index (χ2n) is 6.27. The van der Waals surface area contributed by atoms with Gasteiger partial charge >= 0.3 is 5.69 Å². The minimum Gasteiger partial charge on any atom is -0.376 e. The van der Waals surface area contributed by atoms with E-state index in [1.165, 1.54) is 11.8 Å². The average Bonchev–Trinajstić information content (AvgIpc) is 3.16. The molecule has 1 fully saturated rings. The lowest BCUT2D eigenvalue weighted by Crippen LogP contribution is -2.25. The van der Waals surface area contributed by atoms with Crippen LogP contribution in [0.25, 0.3) is 0 Å². The molecule has 2 heterocycles. The Bertz CT molecular complexity index is 788. The topological polar surface area (TPSA) is 89.0 Å². The monoisotopic (exact) mass is 362 g/mol. The fraction of sp³-hybridized carbons (Fsp3) is 0.471. The van der Waals surface area contributed by atoms with Gasteiger partial charge in [0.1, 0.15) is 0 Å². The smallest absolute Gasteiger partial charge is 0.344 e. The number of nitrogens with zero attached hydrogens (tertiary/aromatic N) is 2. The van der Waals surface area contributed by atoms with Crippen molar-refractivity contribution in [1.82, 2.24) is 14.8 Å². The summed E-state index contributed by atoms with van der Waals surface area (Å²) in [4.78, 5) is 24.1. The maximum Gasteiger partial charge on any atom is 0.344 e. The first-order valence-corrected chi connectivity index (χ1v) is 9.27. The Labute approximate surface area is 150 Å². The van der Waals surface area contributed by atoms with Crippen molar-refractivity contribution in [2.75, 3.05) is 17.7 Å². The number of ether oxygens (including phenoxy) is 1. The fourth-order valence-corrected chi connectivity index (χ4v) is 3.70. The number of amides is 1. The number of thioether (sulfide) groups is 1. The van der Waals surface area contributed by atoms with Crippen LogP contribution < -0.4 is 11.0 Å². The Hall–Kier alpha value is -2.06. The molecule has 2 N–H and O–H groups in total. The molecule has 1 aliphatic rings. The quantitative estimate of drug-likeness (QED) is 0.768. The van der Waals surface area contributed by atoms with E-state index in [4.69, 9.17) is 4.74 Å². The Morgan fingerprint density at radius 2 is 2.16 bits per heavy atom. The number of H-pyrrole nitrogens is 1. The maximum absolute atomic E-state index is 12.2. The lowest BCUT2D eigenvalue weighted by Gasteiger charge is -2.11. The van der Waals surface area contributed by atoms with Gasteiger partial charge in [-0.05, 0) is 49.9 Å². The summed E-state index contributed by atoms with van der Waals surface area (Å²) in [6.07, 6.45) is 1.99. The summed E-state index contributed by atoms with van der Waals surface area (Å²) in [5, 5.41) is 9.86. The van der Waals surface area contributed by atoms with E-state index in [-0.39, 0.29) is 23.5 Å². The van der Waals surface area contributed by atoms with Crippen LogP contribution in [0.2, 0.25) is 0 Å². The molecule has 1 saturated heterocycles. The molecule has 134 valence electrons. The highest BCUT2D eigenvalue weighted by Crippen LogP contribution is 2.19. The van der Waals surface area contributed by atoms with Gasteiger partial charge in [0.2, 0.25) is 5.91 Å². The van der Waals surface area contributed by atoms with Crippen LogP contribution in [-0.4, -0.2) is 39.1 Å². The molecule has 1 atom stereocenters. The highest BCUT2D eigenvalue weighted by atomic mass is 32.2. The third-order valence-electron chi connectivity index (χ3n) is 3.97. The Balaban J connectivity index is 1.59. The zero-order chi connectivity index (χ0) is 17.8. The molecule has 1 aromatic carbocycles. The molecule has 0 bridgehead atoms. The number of rotatable bonds is 6. The van der Waals surface area contributed by atoms with Crippen LogP contribution >= 0.6 is 11.8 Å². The van der Waals surface area contributed by atoms with Gasteiger partial charge in [0.25, 0.3) is 0 Å². The first-order chi connectivity index (χ1) is 12.0. The summed E-state index contributed by atoms with van der Waals surface area (Å²) >= 11 is 1.24. The van der Waals surface area contributed by atoms with Crippen LogP contribution in [0, 0.1) is 13.8 Å². The van der Waals surface area contributed by atoms with E-state index >= 15 is 0 Å². The average molecular weight is 362 g/mol. The van der Waals surface area contributed by atoms with Gasteiger partial charge in [-0.3, -0.25) is 9.36 Å². The predicted octanol–water partition coefficient (Wildman–Crippen LogP) is 2.10. The number of benzene rings is 1. The van der Waals surface area contributed by atoms with E-state index in [9.17, 15) is 9.59 Å². The Morgan fingerprint density at radius 1 is 1.40 bits per heavy atom. The summed E-state index contributed by atoms with van der Waals surface area (Å²) < 4.78 is 7.12. The molecule has 0 saturated carbocycles. The van der Waals surface area contributed by atoms with Crippen molar-refractivity contribution in [3.8, 4) is 0 Å². The molecule has 0 unspecified atom stereocenters. The van der Waals surface area contributed by atoms with Gasteiger partial charge in [-0.1, -0.05) is 17.8 Å². The fourth-order valence-electron chi connectivity index (χ4n) is 2.94. The Morgan fingerprint density at radius 3 is 2.84 bits per heavy atom. The second-order valence-corrected chi connectivity index (χ2v) is 7.21. The van der Waals surface area contributed by atoms with Crippen molar-refractivity contribution in [3.63, 3.8) is 0 Å². The van der Waals surface area contributed by atoms with Crippen LogP contribution in [0.4, 0.5) is 5.69 Å². The predicted molar refractivity (Wildman–Crippen MR) is 97.1 cm³/mol. The number of hydrogen-bond donors (Lipinski definition) is 2. The van der Waals surface area contributed by atoms with Crippen LogP contribution in [0.1, 0.15) is 24.0 Å². The minimum atomic E-state index is -0.271. The van der Waals surface area contributed by atoms with Crippen molar-refractivity contribution in [1.29, 1.82) is 0 Å². The Kier molecular flexibility index (Phi) is 5.60. The van der Waals surface area contributed by atoms with Gasteiger partial charge in [-0.15, -0.1) is 5.10 Å². The summed E-state index contributed by atoms with van der Waals surface area (Å²) in [5.41, 5.74) is 2.70. The first-order valence-electron chi connectivity index (χ1n) is 8.29. The molecule has 7 nitrogen and oxygen atoms in total. The maximum atomic E-state index is 12.2. The van der Waals surface area contributed by atoms with Gasteiger partial charge < -0.3 is 10.1 Å². The standard InChI is InChI=1S/C17H22N4O3S/c1-11-6-12(2)8-13(7-11)18-15(22)10-25-17-20-19-16(23)21(17)9-14-4-3-5-24-14/h6-8,14H,3-5,9-10H2,1-2H3,(H,18,22)(H,19,23)/t14-/m1/s1. The molecule has 25 heavy (non-hydrogen) atoms. The van der Waals surface area contributed by atoms with Crippen LogP contribution in [0.15, 0.2) is 28.2 Å². The van der Waals surface area contributed by atoms with Crippen molar-refractivity contribution in [2.24, 2.45) is 0 Å². The van der Waals surface area contributed by atoms with Gasteiger partial charge in [0.05, 0.1) is 18.4 Å². The summed E-state index contributed by atoms with van der Waals surface area (Å²) in [7, 11) is 0. The largest absolute Gasteiger partial charge is 0.376 e. The van der Waals surface area contributed by atoms with Gasteiger partial charge in [-0.2, -0.15) is 0 Å². The summed E-state index contributed by atoms with van der Waals surface area (Å²) in [6, 6.07) is 5.91. The number of hydrogen-bond acceptors (Lipinski definition) is 5. The first kappa shape index (κ1) is 17.8.